The molecule has 7 heteroatoms. The van der Waals surface area contributed by atoms with Crippen molar-refractivity contribution in [1.29, 1.82) is 0 Å². The van der Waals surface area contributed by atoms with Gasteiger partial charge in [0.15, 0.2) is 11.6 Å². The average Bonchev–Trinajstić information content (AvgIpc) is 3.08. The van der Waals surface area contributed by atoms with E-state index in [2.05, 4.69) is 37.1 Å². The van der Waals surface area contributed by atoms with Crippen LogP contribution in [0.2, 0.25) is 0 Å². The summed E-state index contributed by atoms with van der Waals surface area (Å²) in [5, 5.41) is 15.5. The lowest BCUT2D eigenvalue weighted by molar-refractivity contribution is 0.304. The smallest absolute Gasteiger partial charge is 0.191 e. The molecule has 0 spiro atoms. The van der Waals surface area contributed by atoms with Gasteiger partial charge in [0.05, 0.1) is 0 Å². The predicted octanol–water partition coefficient (Wildman–Crippen LogP) is 3.41. The number of hydrogen-bond donors (Lipinski definition) is 2. The van der Waals surface area contributed by atoms with Gasteiger partial charge < -0.3 is 10.6 Å². The van der Waals surface area contributed by atoms with E-state index in [1.54, 1.807) is 0 Å². The minimum atomic E-state index is 0. The topological polar surface area (TPSA) is 66.6 Å². The highest BCUT2D eigenvalue weighted by Crippen LogP contribution is 2.26. The molecule has 0 aromatic carbocycles. The quantitative estimate of drug-likeness (QED) is 0.294. The number of aliphatic imine (C=N–C) groups is 1. The summed E-state index contributed by atoms with van der Waals surface area (Å²) in [7, 11) is 1.85. The highest BCUT2D eigenvalue weighted by molar-refractivity contribution is 14.0. The first-order chi connectivity index (χ1) is 12.3. The highest BCUT2D eigenvalue weighted by Gasteiger charge is 2.20. The van der Waals surface area contributed by atoms with Crippen molar-refractivity contribution >= 4 is 35.6 Å². The van der Waals surface area contributed by atoms with Gasteiger partial charge >= 0.3 is 0 Å². The van der Waals surface area contributed by atoms with E-state index < -0.39 is 0 Å². The summed E-state index contributed by atoms with van der Waals surface area (Å²) < 4.78 is 2.05. The molecule has 0 atom stereocenters. The second-order valence-electron chi connectivity index (χ2n) is 6.92. The maximum absolute atomic E-state index is 4.37. The summed E-state index contributed by atoms with van der Waals surface area (Å²) in [6.07, 6.45) is 10.4. The van der Waals surface area contributed by atoms with Gasteiger partial charge in [0, 0.05) is 32.3 Å². The Hall–Kier alpha value is -1.38. The van der Waals surface area contributed by atoms with Crippen LogP contribution in [0.5, 0.6) is 0 Å². The first-order valence-corrected chi connectivity index (χ1v) is 9.56. The van der Waals surface area contributed by atoms with E-state index in [0.29, 0.717) is 6.04 Å². The van der Waals surface area contributed by atoms with E-state index in [4.69, 9.17) is 0 Å². The maximum Gasteiger partial charge on any atom is 0.191 e. The van der Waals surface area contributed by atoms with Gasteiger partial charge in [-0.25, -0.2) is 0 Å². The van der Waals surface area contributed by atoms with Crippen LogP contribution in [0.1, 0.15) is 51.3 Å². The molecule has 2 heterocycles. The van der Waals surface area contributed by atoms with Crippen LogP contribution in [0.15, 0.2) is 29.4 Å². The molecule has 1 saturated carbocycles. The van der Waals surface area contributed by atoms with Crippen LogP contribution < -0.4 is 10.6 Å². The fourth-order valence-electron chi connectivity index (χ4n) is 3.62. The Morgan fingerprint density at radius 3 is 2.77 bits per heavy atom. The normalized spacial score (nSPS) is 20.6. The van der Waals surface area contributed by atoms with E-state index in [1.165, 1.54) is 32.1 Å². The molecule has 6 nitrogen and oxygen atoms in total. The van der Waals surface area contributed by atoms with E-state index in [1.807, 2.05) is 31.4 Å². The third-order valence-electron chi connectivity index (χ3n) is 5.24. The van der Waals surface area contributed by atoms with Gasteiger partial charge in [-0.1, -0.05) is 19.4 Å². The minimum absolute atomic E-state index is 0. The second kappa shape index (κ2) is 10.7. The van der Waals surface area contributed by atoms with Crippen LogP contribution >= 0.6 is 24.0 Å². The van der Waals surface area contributed by atoms with Gasteiger partial charge in [0.2, 0.25) is 0 Å². The number of fused-ring (bicyclic) bond motifs is 1. The Morgan fingerprint density at radius 1 is 1.23 bits per heavy atom. The lowest BCUT2D eigenvalue weighted by Crippen LogP contribution is -2.45. The summed E-state index contributed by atoms with van der Waals surface area (Å²) in [5.74, 6) is 2.86. The third kappa shape index (κ3) is 5.56. The van der Waals surface area contributed by atoms with E-state index in [-0.39, 0.29) is 24.0 Å². The van der Waals surface area contributed by atoms with Crippen LogP contribution in [-0.2, 0) is 6.42 Å². The number of nitrogens with zero attached hydrogens (tertiary/aromatic N) is 4. The molecule has 0 saturated heterocycles. The molecule has 1 fully saturated rings. The number of guanidine groups is 1. The Kier molecular flexibility index (Phi) is 8.61. The molecule has 2 N–H and O–H groups in total. The maximum atomic E-state index is 4.37. The summed E-state index contributed by atoms with van der Waals surface area (Å²) in [6, 6.07) is 6.54. The number of halogens is 1. The molecule has 0 radical (unpaired) electrons. The number of aryl methyl sites for hydroxylation is 1. The number of pyridine rings is 1. The van der Waals surface area contributed by atoms with Crippen LogP contribution in [0.4, 0.5) is 0 Å². The van der Waals surface area contributed by atoms with Crippen molar-refractivity contribution in [1.82, 2.24) is 25.2 Å². The SMILES string of the molecule is CCC1CCC(NC(=NC)NCCCc2nnc3ccccn23)CC1.I. The number of aromatic nitrogens is 3. The molecule has 2 aromatic rings. The number of nitrogens with one attached hydrogen (secondary N) is 2. The van der Waals surface area contributed by atoms with Gasteiger partial charge in [-0.05, 0) is 50.2 Å². The highest BCUT2D eigenvalue weighted by atomic mass is 127. The van der Waals surface area contributed by atoms with Crippen LogP contribution in [0.3, 0.4) is 0 Å². The van der Waals surface area contributed by atoms with Gasteiger partial charge in [-0.15, -0.1) is 34.2 Å². The number of hydrogen-bond acceptors (Lipinski definition) is 3. The van der Waals surface area contributed by atoms with Crippen molar-refractivity contribution in [3.8, 4) is 0 Å². The van der Waals surface area contributed by atoms with Gasteiger partial charge in [0.1, 0.15) is 5.82 Å². The molecule has 0 unspecified atom stereocenters. The van der Waals surface area contributed by atoms with Crippen molar-refractivity contribution in [2.24, 2.45) is 10.9 Å². The molecule has 0 aliphatic heterocycles. The molecule has 1 aliphatic carbocycles. The fourth-order valence-corrected chi connectivity index (χ4v) is 3.62. The first-order valence-electron chi connectivity index (χ1n) is 9.56. The Morgan fingerprint density at radius 2 is 2.04 bits per heavy atom. The lowest BCUT2D eigenvalue weighted by Gasteiger charge is -2.29. The van der Waals surface area contributed by atoms with E-state index in [9.17, 15) is 0 Å². The monoisotopic (exact) mass is 470 g/mol. The summed E-state index contributed by atoms with van der Waals surface area (Å²) >= 11 is 0. The molecule has 1 aliphatic rings. The molecule has 3 rings (SSSR count). The fraction of sp³-hybridized carbons (Fsp3) is 0.632. The lowest BCUT2D eigenvalue weighted by atomic mass is 9.84. The van der Waals surface area contributed by atoms with Crippen LogP contribution in [-0.4, -0.2) is 40.2 Å². The molecule has 2 aromatic heterocycles. The zero-order valence-electron chi connectivity index (χ0n) is 15.8. The van der Waals surface area contributed by atoms with Crippen molar-refractivity contribution < 1.29 is 0 Å². The molecule has 0 amide bonds. The van der Waals surface area contributed by atoms with Crippen LogP contribution in [0.25, 0.3) is 5.65 Å². The summed E-state index contributed by atoms with van der Waals surface area (Å²) in [6.45, 7) is 3.18. The zero-order valence-corrected chi connectivity index (χ0v) is 18.1. The number of rotatable bonds is 6. The standard InChI is InChI=1S/C19H30N6.HI/c1-3-15-9-11-16(12-10-15)22-19(20-2)21-13-6-8-18-24-23-17-7-4-5-14-25(17)18;/h4-5,7,14-16H,3,6,8-13H2,1-2H3,(H2,20,21,22);1H. The third-order valence-corrected chi connectivity index (χ3v) is 5.24. The Balaban J connectivity index is 0.00000243. The first kappa shape index (κ1) is 20.9. The molecule has 26 heavy (non-hydrogen) atoms. The Bertz CT molecular complexity index is 690. The van der Waals surface area contributed by atoms with Gasteiger partial charge in [-0.3, -0.25) is 9.39 Å². The van der Waals surface area contributed by atoms with Crippen molar-refractivity contribution in [3.63, 3.8) is 0 Å². The van der Waals surface area contributed by atoms with Gasteiger partial charge in [-0.2, -0.15) is 0 Å². The summed E-state index contributed by atoms with van der Waals surface area (Å²) in [4.78, 5) is 4.37. The van der Waals surface area contributed by atoms with E-state index in [0.717, 1.165) is 42.7 Å². The van der Waals surface area contributed by atoms with Crippen molar-refractivity contribution in [3.05, 3.63) is 30.2 Å². The van der Waals surface area contributed by atoms with Crippen molar-refractivity contribution in [2.45, 2.75) is 57.9 Å². The average molecular weight is 470 g/mol. The minimum Gasteiger partial charge on any atom is -0.356 e. The molecule has 0 bridgehead atoms. The molecule has 144 valence electrons. The van der Waals surface area contributed by atoms with Crippen LogP contribution in [0, 0.1) is 5.92 Å². The Labute approximate surface area is 173 Å². The molecular formula is C19H31IN6. The largest absolute Gasteiger partial charge is 0.356 e. The predicted molar refractivity (Wildman–Crippen MR) is 117 cm³/mol. The molecular weight excluding hydrogens is 439 g/mol. The van der Waals surface area contributed by atoms with Gasteiger partial charge in [0.25, 0.3) is 0 Å². The van der Waals surface area contributed by atoms with Crippen molar-refractivity contribution in [2.75, 3.05) is 13.6 Å². The van der Waals surface area contributed by atoms with E-state index >= 15 is 0 Å². The zero-order chi connectivity index (χ0) is 17.5. The second-order valence-corrected chi connectivity index (χ2v) is 6.92. The summed E-state index contributed by atoms with van der Waals surface area (Å²) in [5.41, 5.74) is 0.908.